The topological polar surface area (TPSA) is 70.5 Å². The van der Waals surface area contributed by atoms with Crippen molar-refractivity contribution in [1.82, 2.24) is 9.88 Å². The van der Waals surface area contributed by atoms with Crippen LogP contribution in [-0.2, 0) is 4.79 Å². The van der Waals surface area contributed by atoms with Crippen molar-refractivity contribution in [3.8, 4) is 0 Å². The number of carbonyl (C=O) groups is 2. The number of carbonyl (C=O) groups excluding carboxylic acids is 1. The van der Waals surface area contributed by atoms with Gasteiger partial charge in [-0.3, -0.25) is 14.6 Å². The largest absolute Gasteiger partial charge is 0.481 e. The Bertz CT molecular complexity index is 983. The summed E-state index contributed by atoms with van der Waals surface area (Å²) in [5.41, 5.74) is 1.21. The second-order valence-corrected chi connectivity index (χ2v) is 6.47. The van der Waals surface area contributed by atoms with Gasteiger partial charge in [-0.15, -0.1) is 0 Å². The van der Waals surface area contributed by atoms with E-state index in [2.05, 4.69) is 4.98 Å². The predicted octanol–water partition coefficient (Wildman–Crippen LogP) is 3.32. The third kappa shape index (κ3) is 2.71. The van der Waals surface area contributed by atoms with E-state index >= 15 is 0 Å². The highest BCUT2D eigenvalue weighted by molar-refractivity contribution is 6.15. The van der Waals surface area contributed by atoms with Crippen molar-refractivity contribution >= 4 is 33.6 Å². The Hall–Kier alpha value is -2.95. The Kier molecular flexibility index (Phi) is 3.84. The molecule has 5 nitrogen and oxygen atoms in total. The van der Waals surface area contributed by atoms with Gasteiger partial charge in [0.15, 0.2) is 0 Å². The molecule has 0 unspecified atom stereocenters. The first-order valence-electron chi connectivity index (χ1n) is 8.43. The number of carboxylic acids is 1. The maximum absolute atomic E-state index is 13.1. The zero-order chi connectivity index (χ0) is 17.4. The maximum atomic E-state index is 13.1. The smallest absolute Gasteiger partial charge is 0.308 e. The van der Waals surface area contributed by atoms with Gasteiger partial charge in [0.2, 0.25) is 0 Å². The van der Waals surface area contributed by atoms with Gasteiger partial charge in [0.25, 0.3) is 5.91 Å². The van der Waals surface area contributed by atoms with Crippen LogP contribution < -0.4 is 0 Å². The van der Waals surface area contributed by atoms with E-state index in [0.29, 0.717) is 30.5 Å². The number of pyridine rings is 1. The number of aliphatic carboxylic acids is 1. The predicted molar refractivity (Wildman–Crippen MR) is 95.5 cm³/mol. The normalized spacial score (nSPS) is 17.8. The fourth-order valence-electron chi connectivity index (χ4n) is 3.63. The zero-order valence-corrected chi connectivity index (χ0v) is 13.7. The molecule has 2 aromatic carbocycles. The Morgan fingerprint density at radius 1 is 1.12 bits per heavy atom. The number of fused-ring (bicyclic) bond motifs is 3. The Morgan fingerprint density at radius 2 is 1.92 bits per heavy atom. The average molecular weight is 334 g/mol. The van der Waals surface area contributed by atoms with Gasteiger partial charge >= 0.3 is 5.97 Å². The van der Waals surface area contributed by atoms with Crippen LogP contribution in [0.25, 0.3) is 21.7 Å². The summed E-state index contributed by atoms with van der Waals surface area (Å²) in [6.45, 7) is 0.846. The first-order chi connectivity index (χ1) is 12.1. The van der Waals surface area contributed by atoms with Gasteiger partial charge in [-0.25, -0.2) is 0 Å². The average Bonchev–Trinajstić information content (AvgIpc) is 2.67. The standard InChI is InChI=1S/C20H18N2O3/c23-19(22-10-4-6-14(12-22)20(24)25)17-11-13-5-1-2-7-15(13)16-8-3-9-21-18(16)17/h1-3,5,7-9,11,14H,4,6,10,12H2,(H,24,25)/t14-/m1/s1. The summed E-state index contributed by atoms with van der Waals surface area (Å²) >= 11 is 0. The van der Waals surface area contributed by atoms with Crippen LogP contribution in [0.4, 0.5) is 0 Å². The molecular weight excluding hydrogens is 316 g/mol. The van der Waals surface area contributed by atoms with Crippen LogP contribution >= 0.6 is 0 Å². The number of hydrogen-bond donors (Lipinski definition) is 1. The number of likely N-dealkylation sites (tertiary alicyclic amines) is 1. The van der Waals surface area contributed by atoms with Crippen LogP contribution in [0, 0.1) is 5.92 Å². The minimum absolute atomic E-state index is 0.139. The molecule has 1 aliphatic rings. The van der Waals surface area contributed by atoms with Crippen LogP contribution in [0.1, 0.15) is 23.2 Å². The van der Waals surface area contributed by atoms with Crippen LogP contribution in [0.2, 0.25) is 0 Å². The van der Waals surface area contributed by atoms with E-state index in [0.717, 1.165) is 16.2 Å². The van der Waals surface area contributed by atoms with E-state index in [9.17, 15) is 14.7 Å². The van der Waals surface area contributed by atoms with Gasteiger partial charge in [0.05, 0.1) is 17.0 Å². The quantitative estimate of drug-likeness (QED) is 0.730. The molecule has 0 radical (unpaired) electrons. The van der Waals surface area contributed by atoms with Gasteiger partial charge < -0.3 is 10.0 Å². The number of rotatable bonds is 2. The van der Waals surface area contributed by atoms with E-state index < -0.39 is 11.9 Å². The third-order valence-electron chi connectivity index (χ3n) is 4.90. The summed E-state index contributed by atoms with van der Waals surface area (Å²) in [7, 11) is 0. The van der Waals surface area contributed by atoms with E-state index in [1.807, 2.05) is 42.5 Å². The molecule has 126 valence electrons. The second kappa shape index (κ2) is 6.16. The first-order valence-corrected chi connectivity index (χ1v) is 8.43. The molecule has 1 fully saturated rings. The summed E-state index contributed by atoms with van der Waals surface area (Å²) in [6.07, 6.45) is 3.02. The van der Waals surface area contributed by atoms with Crippen LogP contribution in [-0.4, -0.2) is 40.0 Å². The second-order valence-electron chi connectivity index (χ2n) is 6.47. The van der Waals surface area contributed by atoms with Crippen LogP contribution in [0.5, 0.6) is 0 Å². The van der Waals surface area contributed by atoms with Crippen LogP contribution in [0.3, 0.4) is 0 Å². The third-order valence-corrected chi connectivity index (χ3v) is 4.90. The molecule has 5 heteroatoms. The molecule has 0 saturated carbocycles. The van der Waals surface area contributed by atoms with Crippen molar-refractivity contribution in [2.45, 2.75) is 12.8 Å². The number of hydrogen-bond acceptors (Lipinski definition) is 3. The number of carboxylic acid groups (broad SMARTS) is 1. The minimum Gasteiger partial charge on any atom is -0.481 e. The van der Waals surface area contributed by atoms with E-state index in [1.165, 1.54) is 0 Å². The van der Waals surface area contributed by atoms with Crippen molar-refractivity contribution in [3.05, 3.63) is 54.2 Å². The Morgan fingerprint density at radius 3 is 2.76 bits per heavy atom. The SMILES string of the molecule is O=C(O)[C@@H]1CCCN(C(=O)c2cc3ccccc3c3cccnc23)C1. The molecule has 4 rings (SSSR count). The summed E-state index contributed by atoms with van der Waals surface area (Å²) < 4.78 is 0. The zero-order valence-electron chi connectivity index (χ0n) is 13.7. The number of nitrogens with zero attached hydrogens (tertiary/aromatic N) is 2. The molecule has 25 heavy (non-hydrogen) atoms. The van der Waals surface area contributed by atoms with Gasteiger partial charge in [0.1, 0.15) is 0 Å². The Balaban J connectivity index is 1.82. The van der Waals surface area contributed by atoms with Crippen molar-refractivity contribution in [2.24, 2.45) is 5.92 Å². The van der Waals surface area contributed by atoms with Crippen LogP contribution in [0.15, 0.2) is 48.7 Å². The molecule has 1 N–H and O–H groups in total. The first kappa shape index (κ1) is 15.6. The number of aromatic nitrogens is 1. The molecule has 1 saturated heterocycles. The molecule has 1 aromatic heterocycles. The maximum Gasteiger partial charge on any atom is 0.308 e. The molecule has 1 amide bonds. The number of benzene rings is 2. The molecule has 0 aliphatic carbocycles. The highest BCUT2D eigenvalue weighted by Gasteiger charge is 2.29. The summed E-state index contributed by atoms with van der Waals surface area (Å²) in [6, 6.07) is 13.6. The van der Waals surface area contributed by atoms with E-state index in [-0.39, 0.29) is 12.5 Å². The van der Waals surface area contributed by atoms with E-state index in [4.69, 9.17) is 0 Å². The summed E-state index contributed by atoms with van der Waals surface area (Å²) in [4.78, 5) is 30.5. The molecule has 2 heterocycles. The lowest BCUT2D eigenvalue weighted by Gasteiger charge is -2.31. The fourth-order valence-corrected chi connectivity index (χ4v) is 3.63. The highest BCUT2D eigenvalue weighted by atomic mass is 16.4. The van der Waals surface area contributed by atoms with Gasteiger partial charge in [-0.05, 0) is 35.7 Å². The molecule has 1 atom stereocenters. The molecule has 0 bridgehead atoms. The molecule has 3 aromatic rings. The summed E-state index contributed by atoms with van der Waals surface area (Å²) in [5, 5.41) is 12.3. The fraction of sp³-hybridized carbons (Fsp3) is 0.250. The number of amides is 1. The lowest BCUT2D eigenvalue weighted by molar-refractivity contribution is -0.143. The van der Waals surface area contributed by atoms with Crippen molar-refractivity contribution in [2.75, 3.05) is 13.1 Å². The molecule has 0 spiro atoms. The van der Waals surface area contributed by atoms with E-state index in [1.54, 1.807) is 11.1 Å². The molecule has 1 aliphatic heterocycles. The minimum atomic E-state index is -0.834. The van der Waals surface area contributed by atoms with Crippen molar-refractivity contribution in [3.63, 3.8) is 0 Å². The monoisotopic (exact) mass is 334 g/mol. The number of piperidine rings is 1. The van der Waals surface area contributed by atoms with Gasteiger partial charge in [-0.1, -0.05) is 30.3 Å². The summed E-state index contributed by atoms with van der Waals surface area (Å²) in [5.74, 6) is -1.46. The van der Waals surface area contributed by atoms with Crippen molar-refractivity contribution in [1.29, 1.82) is 0 Å². The highest BCUT2D eigenvalue weighted by Crippen LogP contribution is 2.29. The molecular formula is C20H18N2O3. The Labute approximate surface area is 144 Å². The van der Waals surface area contributed by atoms with Crippen molar-refractivity contribution < 1.29 is 14.7 Å². The lowest BCUT2D eigenvalue weighted by Crippen LogP contribution is -2.42. The van der Waals surface area contributed by atoms with Gasteiger partial charge in [-0.2, -0.15) is 0 Å². The lowest BCUT2D eigenvalue weighted by atomic mass is 9.96. The van der Waals surface area contributed by atoms with Gasteiger partial charge in [0, 0.05) is 24.7 Å².